The average Bonchev–Trinajstić information content (AvgIpc) is 3.26. The number of ether oxygens (including phenoxy) is 1. The first-order chi connectivity index (χ1) is 14.6. The van der Waals surface area contributed by atoms with Crippen molar-refractivity contribution >= 4 is 17.3 Å². The quantitative estimate of drug-likeness (QED) is 0.449. The second-order valence-corrected chi connectivity index (χ2v) is 8.87. The molecule has 30 heavy (non-hydrogen) atoms. The van der Waals surface area contributed by atoms with Crippen molar-refractivity contribution < 1.29 is 4.74 Å². The van der Waals surface area contributed by atoms with Crippen molar-refractivity contribution in [1.29, 1.82) is 0 Å². The van der Waals surface area contributed by atoms with E-state index in [0.29, 0.717) is 24.5 Å². The Kier molecular flexibility index (Phi) is 5.04. The van der Waals surface area contributed by atoms with Gasteiger partial charge in [-0.25, -0.2) is 0 Å². The molecule has 0 unspecified atom stereocenters. The van der Waals surface area contributed by atoms with Crippen LogP contribution in [0.3, 0.4) is 0 Å². The SMILES string of the molecule is Cc1ccc2c(c1C)N[C@@H](c1ccc(OCc3ccc(Cl)cc3)cc1)[C@H]1CC=C[C@@H]21. The lowest BCUT2D eigenvalue weighted by Crippen LogP contribution is -2.29. The summed E-state index contributed by atoms with van der Waals surface area (Å²) in [5, 5.41) is 4.63. The molecule has 0 fully saturated rings. The molecule has 2 nitrogen and oxygen atoms in total. The van der Waals surface area contributed by atoms with Gasteiger partial charge in [-0.2, -0.15) is 0 Å². The molecular weight excluding hydrogens is 390 g/mol. The molecule has 0 aromatic heterocycles. The van der Waals surface area contributed by atoms with Crippen LogP contribution in [-0.4, -0.2) is 0 Å². The molecule has 1 aliphatic heterocycles. The third-order valence-electron chi connectivity index (χ3n) is 6.63. The van der Waals surface area contributed by atoms with Gasteiger partial charge in [-0.05, 0) is 78.3 Å². The van der Waals surface area contributed by atoms with Gasteiger partial charge in [0.15, 0.2) is 0 Å². The average molecular weight is 416 g/mol. The summed E-state index contributed by atoms with van der Waals surface area (Å²) in [4.78, 5) is 0. The molecule has 3 aromatic carbocycles. The van der Waals surface area contributed by atoms with Crippen LogP contribution in [0.2, 0.25) is 5.02 Å². The lowest BCUT2D eigenvalue weighted by atomic mass is 9.76. The predicted octanol–water partition coefficient (Wildman–Crippen LogP) is 7.36. The minimum atomic E-state index is 0.309. The second-order valence-electron chi connectivity index (χ2n) is 8.43. The third kappa shape index (κ3) is 3.50. The summed E-state index contributed by atoms with van der Waals surface area (Å²) in [6, 6.07) is 21.2. The van der Waals surface area contributed by atoms with E-state index in [1.165, 1.54) is 27.9 Å². The van der Waals surface area contributed by atoms with Gasteiger partial charge in [0.25, 0.3) is 0 Å². The maximum Gasteiger partial charge on any atom is 0.119 e. The van der Waals surface area contributed by atoms with E-state index in [1.807, 2.05) is 24.3 Å². The lowest BCUT2D eigenvalue weighted by Gasteiger charge is -2.38. The molecule has 3 atom stereocenters. The van der Waals surface area contributed by atoms with Crippen molar-refractivity contribution in [2.45, 2.75) is 38.8 Å². The van der Waals surface area contributed by atoms with Crippen molar-refractivity contribution in [1.82, 2.24) is 0 Å². The Morgan fingerprint density at radius 1 is 0.967 bits per heavy atom. The van der Waals surface area contributed by atoms with Crippen molar-refractivity contribution in [3.63, 3.8) is 0 Å². The van der Waals surface area contributed by atoms with Gasteiger partial charge in [0.1, 0.15) is 12.4 Å². The smallest absolute Gasteiger partial charge is 0.119 e. The first-order valence-corrected chi connectivity index (χ1v) is 11.0. The number of nitrogens with one attached hydrogen (secondary N) is 1. The maximum absolute atomic E-state index is 5.98. The number of fused-ring (bicyclic) bond motifs is 3. The second kappa shape index (κ2) is 7.85. The monoisotopic (exact) mass is 415 g/mol. The van der Waals surface area contributed by atoms with Crippen molar-refractivity contribution in [3.8, 4) is 5.75 Å². The summed E-state index contributed by atoms with van der Waals surface area (Å²) in [5.74, 6) is 1.94. The first kappa shape index (κ1) is 19.3. The fourth-order valence-corrected chi connectivity index (χ4v) is 4.89. The summed E-state index contributed by atoms with van der Waals surface area (Å²) in [5.41, 5.74) is 7.89. The van der Waals surface area contributed by atoms with Crippen LogP contribution in [0, 0.1) is 19.8 Å². The Morgan fingerprint density at radius 2 is 1.73 bits per heavy atom. The standard InChI is InChI=1S/C27H26ClNO/c1-17-6-15-25-23-4-3-5-24(23)27(29-26(25)18(17)2)20-9-13-22(14-10-20)30-16-19-7-11-21(28)12-8-19/h3-4,6-15,23-24,27,29H,5,16H2,1-2H3/t23-,24+,27+/m1/s1. The molecule has 1 heterocycles. The molecule has 0 radical (unpaired) electrons. The zero-order valence-electron chi connectivity index (χ0n) is 17.4. The highest BCUT2D eigenvalue weighted by atomic mass is 35.5. The number of benzene rings is 3. The predicted molar refractivity (Wildman–Crippen MR) is 124 cm³/mol. The molecule has 0 spiro atoms. The Bertz CT molecular complexity index is 1090. The molecule has 152 valence electrons. The van der Waals surface area contributed by atoms with E-state index < -0.39 is 0 Å². The number of aryl methyl sites for hydroxylation is 1. The van der Waals surface area contributed by atoms with Gasteiger partial charge in [0.05, 0.1) is 6.04 Å². The number of anilines is 1. The molecule has 1 aliphatic carbocycles. The largest absolute Gasteiger partial charge is 0.489 e. The van der Waals surface area contributed by atoms with Crippen LogP contribution < -0.4 is 10.1 Å². The highest BCUT2D eigenvalue weighted by Gasteiger charge is 2.38. The first-order valence-electron chi connectivity index (χ1n) is 10.6. The van der Waals surface area contributed by atoms with Crippen LogP contribution in [-0.2, 0) is 6.61 Å². The summed E-state index contributed by atoms with van der Waals surface area (Å²) in [6.45, 7) is 4.96. The van der Waals surface area contributed by atoms with Gasteiger partial charge >= 0.3 is 0 Å². The number of allylic oxidation sites excluding steroid dienone is 2. The minimum absolute atomic E-state index is 0.309. The van der Waals surface area contributed by atoms with E-state index in [1.54, 1.807) is 0 Å². The molecule has 0 amide bonds. The zero-order chi connectivity index (χ0) is 20.7. The van der Waals surface area contributed by atoms with Crippen LogP contribution in [0.4, 0.5) is 5.69 Å². The van der Waals surface area contributed by atoms with Gasteiger partial charge in [0.2, 0.25) is 0 Å². The van der Waals surface area contributed by atoms with Crippen LogP contribution in [0.1, 0.15) is 46.2 Å². The van der Waals surface area contributed by atoms with Crippen molar-refractivity contribution in [2.75, 3.05) is 5.32 Å². The van der Waals surface area contributed by atoms with Gasteiger partial charge in [-0.15, -0.1) is 0 Å². The van der Waals surface area contributed by atoms with E-state index >= 15 is 0 Å². The molecule has 5 rings (SSSR count). The highest BCUT2D eigenvalue weighted by Crippen LogP contribution is 2.51. The Labute approximate surface area is 183 Å². The lowest BCUT2D eigenvalue weighted by molar-refractivity contribution is 0.306. The summed E-state index contributed by atoms with van der Waals surface area (Å²) < 4.78 is 5.98. The Hall–Kier alpha value is -2.71. The van der Waals surface area contributed by atoms with E-state index in [-0.39, 0.29) is 0 Å². The van der Waals surface area contributed by atoms with Gasteiger partial charge in [-0.1, -0.05) is 60.2 Å². The molecule has 2 aliphatic rings. The molecule has 1 N–H and O–H groups in total. The Morgan fingerprint density at radius 3 is 2.50 bits per heavy atom. The number of halogens is 1. The number of hydrogen-bond donors (Lipinski definition) is 1. The Balaban J connectivity index is 1.36. The summed E-state index contributed by atoms with van der Waals surface area (Å²) >= 11 is 5.96. The van der Waals surface area contributed by atoms with E-state index in [2.05, 4.69) is 67.7 Å². The van der Waals surface area contributed by atoms with Crippen LogP contribution >= 0.6 is 11.6 Å². The molecule has 0 saturated carbocycles. The summed E-state index contributed by atoms with van der Waals surface area (Å²) in [6.07, 6.45) is 5.86. The topological polar surface area (TPSA) is 21.3 Å². The van der Waals surface area contributed by atoms with Gasteiger partial charge in [0, 0.05) is 16.6 Å². The van der Waals surface area contributed by atoms with Crippen molar-refractivity contribution in [3.05, 3.63) is 106 Å². The molecule has 0 bridgehead atoms. The highest BCUT2D eigenvalue weighted by molar-refractivity contribution is 6.30. The van der Waals surface area contributed by atoms with Gasteiger partial charge in [-0.3, -0.25) is 0 Å². The maximum atomic E-state index is 5.98. The van der Waals surface area contributed by atoms with Gasteiger partial charge < -0.3 is 10.1 Å². The molecule has 3 aromatic rings. The molecular formula is C27H26ClNO. The third-order valence-corrected chi connectivity index (χ3v) is 6.88. The fraction of sp³-hybridized carbons (Fsp3) is 0.259. The number of hydrogen-bond acceptors (Lipinski definition) is 2. The summed E-state index contributed by atoms with van der Waals surface area (Å²) in [7, 11) is 0. The number of rotatable bonds is 4. The zero-order valence-corrected chi connectivity index (χ0v) is 18.1. The fourth-order valence-electron chi connectivity index (χ4n) is 4.77. The van der Waals surface area contributed by atoms with Crippen LogP contribution in [0.25, 0.3) is 0 Å². The van der Waals surface area contributed by atoms with E-state index in [9.17, 15) is 0 Å². The van der Waals surface area contributed by atoms with E-state index in [0.717, 1.165) is 22.8 Å². The van der Waals surface area contributed by atoms with Crippen LogP contribution in [0.15, 0.2) is 72.8 Å². The molecule has 3 heteroatoms. The van der Waals surface area contributed by atoms with Crippen LogP contribution in [0.5, 0.6) is 5.75 Å². The van der Waals surface area contributed by atoms with E-state index in [4.69, 9.17) is 16.3 Å². The van der Waals surface area contributed by atoms with Crippen molar-refractivity contribution in [2.24, 2.45) is 5.92 Å². The minimum Gasteiger partial charge on any atom is -0.489 e. The molecule has 0 saturated heterocycles. The normalized spacial score (nSPS) is 21.6.